The zero-order valence-electron chi connectivity index (χ0n) is 11.5. The van der Waals surface area contributed by atoms with Crippen LogP contribution in [0.5, 0.6) is 5.75 Å². The number of hydrogen-bond donors (Lipinski definition) is 1. The Bertz CT molecular complexity index is 401. The van der Waals surface area contributed by atoms with E-state index < -0.39 is 0 Å². The number of hydrogen-bond acceptors (Lipinski definition) is 4. The Morgan fingerprint density at radius 3 is 2.74 bits per heavy atom. The van der Waals surface area contributed by atoms with E-state index in [4.69, 9.17) is 4.74 Å². The Labute approximate surface area is 114 Å². The average molecular weight is 263 g/mol. The average Bonchev–Trinajstić information content (AvgIpc) is 2.46. The van der Waals surface area contributed by atoms with Crippen molar-refractivity contribution < 1.29 is 14.3 Å². The highest BCUT2D eigenvalue weighted by Gasteiger charge is 2.00. The van der Waals surface area contributed by atoms with Gasteiger partial charge in [0.15, 0.2) is 0 Å². The van der Waals surface area contributed by atoms with Gasteiger partial charge in [-0.2, -0.15) is 0 Å². The fourth-order valence-electron chi connectivity index (χ4n) is 1.48. The Kier molecular flexibility index (Phi) is 7.35. The standard InChI is InChI=1S/C15H21NO3/c1-13(15(17)18-2)9-11-16-10-6-12-19-14-7-4-3-5-8-14/h3-5,7-9,16H,6,10-12H2,1-2H3/b13-9+. The molecule has 0 fully saturated rings. The van der Waals surface area contributed by atoms with Crippen LogP contribution in [0.2, 0.25) is 0 Å². The third kappa shape index (κ3) is 6.62. The van der Waals surface area contributed by atoms with E-state index in [0.29, 0.717) is 18.7 Å². The molecule has 0 aliphatic heterocycles. The summed E-state index contributed by atoms with van der Waals surface area (Å²) in [6.45, 7) is 3.92. The molecule has 1 rings (SSSR count). The maximum Gasteiger partial charge on any atom is 0.333 e. The summed E-state index contributed by atoms with van der Waals surface area (Å²) in [5.74, 6) is 0.609. The third-order valence-electron chi connectivity index (χ3n) is 2.57. The summed E-state index contributed by atoms with van der Waals surface area (Å²) in [6, 6.07) is 9.75. The van der Waals surface area contributed by atoms with E-state index in [1.54, 1.807) is 6.92 Å². The number of rotatable bonds is 8. The fraction of sp³-hybridized carbons (Fsp3) is 0.400. The molecule has 0 atom stereocenters. The molecule has 4 heteroatoms. The lowest BCUT2D eigenvalue weighted by Gasteiger charge is -2.06. The molecule has 0 unspecified atom stereocenters. The van der Waals surface area contributed by atoms with E-state index in [2.05, 4.69) is 10.1 Å². The molecule has 0 amide bonds. The van der Waals surface area contributed by atoms with Crippen molar-refractivity contribution in [3.63, 3.8) is 0 Å². The molecule has 0 radical (unpaired) electrons. The van der Waals surface area contributed by atoms with Crippen LogP contribution in [0.25, 0.3) is 0 Å². The van der Waals surface area contributed by atoms with Gasteiger partial charge >= 0.3 is 5.97 Å². The Morgan fingerprint density at radius 1 is 1.32 bits per heavy atom. The first kappa shape index (κ1) is 15.2. The van der Waals surface area contributed by atoms with Gasteiger partial charge in [-0.15, -0.1) is 0 Å². The molecule has 0 aromatic heterocycles. The first-order chi connectivity index (χ1) is 9.24. The molecule has 0 bridgehead atoms. The van der Waals surface area contributed by atoms with E-state index in [0.717, 1.165) is 18.7 Å². The lowest BCUT2D eigenvalue weighted by atomic mass is 10.3. The van der Waals surface area contributed by atoms with Gasteiger partial charge in [-0.3, -0.25) is 0 Å². The van der Waals surface area contributed by atoms with Gasteiger partial charge in [0.2, 0.25) is 0 Å². The van der Waals surface area contributed by atoms with E-state index >= 15 is 0 Å². The lowest BCUT2D eigenvalue weighted by Crippen LogP contribution is -2.18. The molecule has 0 heterocycles. The van der Waals surface area contributed by atoms with Crippen molar-refractivity contribution in [1.82, 2.24) is 5.32 Å². The van der Waals surface area contributed by atoms with Crippen molar-refractivity contribution in [2.75, 3.05) is 26.8 Å². The molecule has 0 aliphatic rings. The normalized spacial score (nSPS) is 11.2. The van der Waals surface area contributed by atoms with Crippen molar-refractivity contribution in [3.8, 4) is 5.75 Å². The maximum atomic E-state index is 11.1. The van der Waals surface area contributed by atoms with Gasteiger partial charge in [0.25, 0.3) is 0 Å². The van der Waals surface area contributed by atoms with Crippen LogP contribution < -0.4 is 10.1 Å². The molecule has 19 heavy (non-hydrogen) atoms. The minimum atomic E-state index is -0.283. The van der Waals surface area contributed by atoms with Crippen LogP contribution in [-0.4, -0.2) is 32.8 Å². The van der Waals surface area contributed by atoms with Gasteiger partial charge in [-0.05, 0) is 32.0 Å². The first-order valence-electron chi connectivity index (χ1n) is 6.37. The Balaban J connectivity index is 2.04. The molecule has 0 saturated heterocycles. The highest BCUT2D eigenvalue weighted by atomic mass is 16.5. The lowest BCUT2D eigenvalue weighted by molar-refractivity contribution is -0.136. The maximum absolute atomic E-state index is 11.1. The highest BCUT2D eigenvalue weighted by Crippen LogP contribution is 2.07. The second-order valence-electron chi connectivity index (χ2n) is 4.10. The van der Waals surface area contributed by atoms with Gasteiger partial charge in [0.1, 0.15) is 5.75 Å². The van der Waals surface area contributed by atoms with Crippen molar-refractivity contribution in [1.29, 1.82) is 0 Å². The van der Waals surface area contributed by atoms with Gasteiger partial charge in [0, 0.05) is 12.1 Å². The molecule has 1 aromatic rings. The van der Waals surface area contributed by atoms with Crippen LogP contribution in [0.3, 0.4) is 0 Å². The third-order valence-corrected chi connectivity index (χ3v) is 2.57. The highest BCUT2D eigenvalue weighted by molar-refractivity contribution is 5.87. The molecule has 0 aliphatic carbocycles. The quantitative estimate of drug-likeness (QED) is 0.443. The number of methoxy groups -OCH3 is 1. The summed E-state index contributed by atoms with van der Waals surface area (Å²) < 4.78 is 10.2. The zero-order valence-corrected chi connectivity index (χ0v) is 11.5. The van der Waals surface area contributed by atoms with Crippen molar-refractivity contribution in [3.05, 3.63) is 42.0 Å². The van der Waals surface area contributed by atoms with Crippen LogP contribution >= 0.6 is 0 Å². The molecular weight excluding hydrogens is 242 g/mol. The fourth-order valence-corrected chi connectivity index (χ4v) is 1.48. The molecule has 1 N–H and O–H groups in total. The second-order valence-corrected chi connectivity index (χ2v) is 4.10. The SMILES string of the molecule is COC(=O)/C(C)=C/CNCCCOc1ccccc1. The van der Waals surface area contributed by atoms with Crippen LogP contribution in [0.4, 0.5) is 0 Å². The van der Waals surface area contributed by atoms with Crippen LogP contribution in [0.15, 0.2) is 42.0 Å². The minimum absolute atomic E-state index is 0.283. The van der Waals surface area contributed by atoms with Crippen molar-refractivity contribution in [2.45, 2.75) is 13.3 Å². The van der Waals surface area contributed by atoms with Crippen molar-refractivity contribution >= 4 is 5.97 Å². The van der Waals surface area contributed by atoms with Crippen LogP contribution in [0.1, 0.15) is 13.3 Å². The molecular formula is C15H21NO3. The smallest absolute Gasteiger partial charge is 0.333 e. The van der Waals surface area contributed by atoms with E-state index in [1.165, 1.54) is 7.11 Å². The summed E-state index contributed by atoms with van der Waals surface area (Å²) in [4.78, 5) is 11.1. The first-order valence-corrected chi connectivity index (χ1v) is 6.37. The van der Waals surface area contributed by atoms with Crippen LogP contribution in [0, 0.1) is 0 Å². The number of para-hydroxylation sites is 1. The summed E-state index contributed by atoms with van der Waals surface area (Å²) >= 11 is 0. The number of benzene rings is 1. The van der Waals surface area contributed by atoms with E-state index in [1.807, 2.05) is 36.4 Å². The Hall–Kier alpha value is -1.81. The van der Waals surface area contributed by atoms with Gasteiger partial charge in [-0.1, -0.05) is 24.3 Å². The zero-order chi connectivity index (χ0) is 13.9. The molecule has 1 aromatic carbocycles. The van der Waals surface area contributed by atoms with Gasteiger partial charge in [0.05, 0.1) is 13.7 Å². The summed E-state index contributed by atoms with van der Waals surface area (Å²) in [6.07, 6.45) is 2.74. The van der Waals surface area contributed by atoms with Crippen LogP contribution in [-0.2, 0) is 9.53 Å². The summed E-state index contributed by atoms with van der Waals surface area (Å²) in [5.41, 5.74) is 0.621. The number of carbonyl (C=O) groups excluding carboxylic acids is 1. The van der Waals surface area contributed by atoms with E-state index in [-0.39, 0.29) is 5.97 Å². The summed E-state index contributed by atoms with van der Waals surface area (Å²) in [5, 5.41) is 3.22. The van der Waals surface area contributed by atoms with E-state index in [9.17, 15) is 4.79 Å². The van der Waals surface area contributed by atoms with Gasteiger partial charge in [-0.25, -0.2) is 4.79 Å². The second kappa shape index (κ2) is 9.16. The predicted molar refractivity (Wildman–Crippen MR) is 75.2 cm³/mol. The number of ether oxygens (including phenoxy) is 2. The molecule has 104 valence electrons. The molecule has 0 saturated carbocycles. The number of carbonyl (C=O) groups is 1. The predicted octanol–water partition coefficient (Wildman–Crippen LogP) is 2.16. The molecule has 0 spiro atoms. The summed E-state index contributed by atoms with van der Waals surface area (Å²) in [7, 11) is 1.38. The van der Waals surface area contributed by atoms with Crippen molar-refractivity contribution in [2.24, 2.45) is 0 Å². The molecule has 4 nitrogen and oxygen atoms in total. The number of esters is 1. The monoisotopic (exact) mass is 263 g/mol. The minimum Gasteiger partial charge on any atom is -0.494 e. The topological polar surface area (TPSA) is 47.6 Å². The van der Waals surface area contributed by atoms with Gasteiger partial charge < -0.3 is 14.8 Å². The largest absolute Gasteiger partial charge is 0.494 e. The number of nitrogens with one attached hydrogen (secondary N) is 1. The Morgan fingerprint density at radius 2 is 2.05 bits per heavy atom.